The molecule has 0 saturated heterocycles. The molecule has 5 nitrogen and oxygen atoms in total. The monoisotopic (exact) mass is 327 g/mol. The summed E-state index contributed by atoms with van der Waals surface area (Å²) in [5.74, 6) is -0.408. The first kappa shape index (κ1) is 15.1. The number of rotatable bonds is 5. The Morgan fingerprint density at radius 3 is 2.80 bits per heavy atom. The van der Waals surface area contributed by atoms with Gasteiger partial charge in [-0.15, -0.1) is 10.2 Å². The predicted octanol–water partition coefficient (Wildman–Crippen LogP) is 3.17. The largest absolute Gasteiger partial charge is 0.462 e. The molecule has 1 aromatic carbocycles. The molecule has 0 amide bonds. The van der Waals surface area contributed by atoms with Crippen molar-refractivity contribution in [3.8, 4) is 0 Å². The minimum Gasteiger partial charge on any atom is -0.462 e. The number of aromatic nitrogens is 2. The second kappa shape index (κ2) is 6.96. The Balaban J connectivity index is 2.24. The van der Waals surface area contributed by atoms with Crippen LogP contribution in [0.15, 0.2) is 31.8 Å². The maximum atomic E-state index is 11.8. The molecule has 1 heterocycles. The smallest absolute Gasteiger partial charge is 0.340 e. The van der Waals surface area contributed by atoms with Crippen LogP contribution in [0.4, 0.5) is 5.69 Å². The third-order valence-electron chi connectivity index (χ3n) is 2.32. The summed E-state index contributed by atoms with van der Waals surface area (Å²) in [5.41, 5.74) is 6.83. The van der Waals surface area contributed by atoms with Crippen molar-refractivity contribution in [2.24, 2.45) is 0 Å². The van der Waals surface area contributed by atoms with Gasteiger partial charge in [-0.3, -0.25) is 0 Å². The van der Waals surface area contributed by atoms with Crippen LogP contribution in [0.25, 0.3) is 0 Å². The lowest BCUT2D eigenvalue weighted by Gasteiger charge is -2.08. The summed E-state index contributed by atoms with van der Waals surface area (Å²) in [6.07, 6.45) is 1.95. The average Bonchev–Trinajstić information content (AvgIpc) is 2.89. The number of carbonyl (C=O) groups excluding carboxylic acids is 1. The molecule has 0 atom stereocenters. The molecule has 1 aromatic heterocycles. The molecule has 0 bridgehead atoms. The van der Waals surface area contributed by atoms with E-state index in [1.807, 2.05) is 12.3 Å². The van der Waals surface area contributed by atoms with E-state index >= 15 is 0 Å². The summed E-state index contributed by atoms with van der Waals surface area (Å²) in [6.45, 7) is 2.08. The minimum atomic E-state index is -0.408. The number of nitrogen functional groups attached to an aromatic ring is 1. The van der Waals surface area contributed by atoms with Crippen LogP contribution < -0.4 is 5.73 Å². The normalized spacial score (nSPS) is 10.5. The van der Waals surface area contributed by atoms with Crippen molar-refractivity contribution in [3.63, 3.8) is 0 Å². The molecule has 106 valence electrons. The SMILES string of the molecule is CCOC(=O)c1cccc(Sc2nnc(SC)s2)c1N. The Morgan fingerprint density at radius 1 is 1.40 bits per heavy atom. The molecule has 0 fully saturated rings. The molecule has 20 heavy (non-hydrogen) atoms. The highest BCUT2D eigenvalue weighted by Crippen LogP contribution is 2.36. The van der Waals surface area contributed by atoms with Crippen molar-refractivity contribution in [2.75, 3.05) is 18.6 Å². The number of esters is 1. The van der Waals surface area contributed by atoms with Crippen LogP contribution in [0.3, 0.4) is 0 Å². The Hall–Kier alpha value is -1.25. The quantitative estimate of drug-likeness (QED) is 0.513. The predicted molar refractivity (Wildman–Crippen MR) is 82.6 cm³/mol. The molecule has 0 unspecified atom stereocenters. The van der Waals surface area contributed by atoms with Gasteiger partial charge in [0.25, 0.3) is 0 Å². The number of carbonyl (C=O) groups is 1. The van der Waals surface area contributed by atoms with Crippen molar-refractivity contribution >= 4 is 46.5 Å². The first-order valence-corrected chi connectivity index (χ1v) is 8.62. The molecular formula is C12H13N3O2S3. The second-order valence-corrected chi connectivity index (χ2v) is 6.90. The number of para-hydroxylation sites is 1. The van der Waals surface area contributed by atoms with E-state index in [9.17, 15) is 4.79 Å². The second-order valence-electron chi connectivity index (χ2n) is 3.58. The molecule has 0 spiro atoms. The van der Waals surface area contributed by atoms with Gasteiger partial charge in [-0.05, 0) is 25.3 Å². The zero-order chi connectivity index (χ0) is 14.5. The summed E-state index contributed by atoms with van der Waals surface area (Å²) in [7, 11) is 0. The van der Waals surface area contributed by atoms with Gasteiger partial charge in [-0.25, -0.2) is 4.79 Å². The third kappa shape index (κ3) is 3.44. The lowest BCUT2D eigenvalue weighted by atomic mass is 10.2. The number of nitrogens with two attached hydrogens (primary N) is 1. The number of hydrogen-bond acceptors (Lipinski definition) is 8. The molecule has 2 aromatic rings. The molecular weight excluding hydrogens is 314 g/mol. The van der Waals surface area contributed by atoms with Gasteiger partial charge in [-0.1, -0.05) is 40.9 Å². The van der Waals surface area contributed by atoms with Crippen molar-refractivity contribution in [3.05, 3.63) is 23.8 Å². The maximum Gasteiger partial charge on any atom is 0.340 e. The van der Waals surface area contributed by atoms with E-state index in [4.69, 9.17) is 10.5 Å². The summed E-state index contributed by atoms with van der Waals surface area (Å²) >= 11 is 4.44. The Morgan fingerprint density at radius 2 is 2.15 bits per heavy atom. The first-order valence-electron chi connectivity index (χ1n) is 5.76. The first-order chi connectivity index (χ1) is 9.65. The molecule has 0 saturated carbocycles. The van der Waals surface area contributed by atoms with Gasteiger partial charge < -0.3 is 10.5 Å². The van der Waals surface area contributed by atoms with E-state index in [-0.39, 0.29) is 0 Å². The lowest BCUT2D eigenvalue weighted by molar-refractivity contribution is 0.0527. The number of thioether (sulfide) groups is 1. The Bertz CT molecular complexity index is 616. The molecule has 2 N–H and O–H groups in total. The van der Waals surface area contributed by atoms with Gasteiger partial charge in [0.2, 0.25) is 0 Å². The minimum absolute atomic E-state index is 0.323. The van der Waals surface area contributed by atoms with E-state index < -0.39 is 5.97 Å². The Labute approximate surface area is 129 Å². The summed E-state index contributed by atoms with van der Waals surface area (Å²) < 4.78 is 6.67. The molecule has 0 aliphatic carbocycles. The molecule has 8 heteroatoms. The van der Waals surface area contributed by atoms with E-state index in [0.29, 0.717) is 17.9 Å². The van der Waals surface area contributed by atoms with Crippen LogP contribution >= 0.6 is 34.9 Å². The van der Waals surface area contributed by atoms with Crippen LogP contribution in [0.5, 0.6) is 0 Å². The highest BCUT2D eigenvalue weighted by molar-refractivity contribution is 8.03. The summed E-state index contributed by atoms with van der Waals surface area (Å²) in [6, 6.07) is 5.29. The fourth-order valence-corrected chi connectivity index (χ4v) is 3.91. The number of benzene rings is 1. The van der Waals surface area contributed by atoms with Crippen molar-refractivity contribution in [1.29, 1.82) is 0 Å². The van der Waals surface area contributed by atoms with Crippen molar-refractivity contribution in [1.82, 2.24) is 10.2 Å². The Kier molecular flexibility index (Phi) is 5.27. The van der Waals surface area contributed by atoms with Gasteiger partial charge in [0.05, 0.1) is 17.9 Å². The van der Waals surface area contributed by atoms with Crippen LogP contribution in [-0.2, 0) is 4.74 Å². The van der Waals surface area contributed by atoms with Crippen LogP contribution in [-0.4, -0.2) is 29.0 Å². The number of anilines is 1. The van der Waals surface area contributed by atoms with Crippen LogP contribution in [0, 0.1) is 0 Å². The summed E-state index contributed by atoms with van der Waals surface area (Å²) in [4.78, 5) is 12.6. The van der Waals surface area contributed by atoms with E-state index in [1.54, 1.807) is 30.8 Å². The van der Waals surface area contributed by atoms with Gasteiger partial charge >= 0.3 is 5.97 Å². The molecule has 2 rings (SSSR count). The fourth-order valence-electron chi connectivity index (χ4n) is 1.43. The molecule has 0 aliphatic rings. The van der Waals surface area contributed by atoms with E-state index in [1.165, 1.54) is 23.1 Å². The fraction of sp³-hybridized carbons (Fsp3) is 0.250. The zero-order valence-corrected chi connectivity index (χ0v) is 13.4. The average molecular weight is 327 g/mol. The van der Waals surface area contributed by atoms with Gasteiger partial charge in [-0.2, -0.15) is 0 Å². The number of hydrogen-bond donors (Lipinski definition) is 1. The summed E-state index contributed by atoms with van der Waals surface area (Å²) in [5, 5.41) is 8.10. The van der Waals surface area contributed by atoms with Crippen molar-refractivity contribution in [2.45, 2.75) is 20.5 Å². The van der Waals surface area contributed by atoms with Crippen LogP contribution in [0.2, 0.25) is 0 Å². The number of ether oxygens (including phenoxy) is 1. The zero-order valence-electron chi connectivity index (χ0n) is 11.0. The third-order valence-corrected chi connectivity index (χ3v) is 5.35. The van der Waals surface area contributed by atoms with Crippen molar-refractivity contribution < 1.29 is 9.53 Å². The topological polar surface area (TPSA) is 78.1 Å². The lowest BCUT2D eigenvalue weighted by Crippen LogP contribution is -2.08. The van der Waals surface area contributed by atoms with Gasteiger partial charge in [0.15, 0.2) is 8.68 Å². The molecule has 0 aliphatic heterocycles. The van der Waals surface area contributed by atoms with Gasteiger partial charge in [0, 0.05) is 4.90 Å². The van der Waals surface area contributed by atoms with Gasteiger partial charge in [0.1, 0.15) is 0 Å². The molecule has 0 radical (unpaired) electrons. The highest BCUT2D eigenvalue weighted by atomic mass is 32.2. The maximum absolute atomic E-state index is 11.8. The highest BCUT2D eigenvalue weighted by Gasteiger charge is 2.15. The van der Waals surface area contributed by atoms with E-state index in [2.05, 4.69) is 10.2 Å². The van der Waals surface area contributed by atoms with E-state index in [0.717, 1.165) is 13.6 Å². The van der Waals surface area contributed by atoms with Crippen LogP contribution in [0.1, 0.15) is 17.3 Å². The number of nitrogens with zero attached hydrogens (tertiary/aromatic N) is 2. The standard InChI is InChI=1S/C12H13N3O2S3/c1-3-17-10(16)7-5-4-6-8(9(7)13)19-12-15-14-11(18-2)20-12/h4-6H,3,13H2,1-2H3.